The van der Waals surface area contributed by atoms with Gasteiger partial charge in [0, 0.05) is 22.7 Å². The van der Waals surface area contributed by atoms with Gasteiger partial charge in [0.25, 0.3) is 17.3 Å². The predicted molar refractivity (Wildman–Crippen MR) is 97.8 cm³/mol. The molecule has 2 rings (SSSR count). The van der Waals surface area contributed by atoms with Crippen LogP contribution in [0.4, 0.5) is 11.4 Å². The van der Waals surface area contributed by atoms with Gasteiger partial charge in [-0.15, -0.1) is 0 Å². The molecular formula is C15H10Cl2N4O6. The number of non-ortho nitro benzene ring substituents is 2. The Kier molecular flexibility index (Phi) is 6.27. The molecule has 0 radical (unpaired) electrons. The molecule has 0 aliphatic carbocycles. The highest BCUT2D eigenvalue weighted by atomic mass is 35.5. The molecule has 12 heteroatoms. The molecule has 140 valence electrons. The molecule has 0 atom stereocenters. The topological polar surface area (TPSA) is 137 Å². The number of halogens is 2. The van der Waals surface area contributed by atoms with E-state index in [2.05, 4.69) is 10.5 Å². The van der Waals surface area contributed by atoms with Gasteiger partial charge in [0.2, 0.25) is 0 Å². The third-order valence-electron chi connectivity index (χ3n) is 3.20. The Morgan fingerprint density at radius 2 is 1.70 bits per heavy atom. The number of benzene rings is 2. The maximum absolute atomic E-state index is 12.1. The lowest BCUT2D eigenvalue weighted by atomic mass is 10.1. The smallest absolute Gasteiger partial charge is 0.277 e. The Hall–Kier alpha value is -3.24. The van der Waals surface area contributed by atoms with Crippen LogP contribution in [0.15, 0.2) is 35.4 Å². The fourth-order valence-electron chi connectivity index (χ4n) is 2.05. The molecule has 10 nitrogen and oxygen atoms in total. The van der Waals surface area contributed by atoms with E-state index in [1.165, 1.54) is 25.5 Å². The second-order valence-corrected chi connectivity index (χ2v) is 5.81. The number of carbonyl (C=O) groups excluding carboxylic acids is 1. The van der Waals surface area contributed by atoms with Crippen molar-refractivity contribution in [2.24, 2.45) is 5.10 Å². The van der Waals surface area contributed by atoms with Crippen LogP contribution in [0.5, 0.6) is 5.75 Å². The van der Waals surface area contributed by atoms with Gasteiger partial charge in [-0.1, -0.05) is 23.2 Å². The van der Waals surface area contributed by atoms with Gasteiger partial charge in [0.15, 0.2) is 0 Å². The van der Waals surface area contributed by atoms with E-state index in [4.69, 9.17) is 27.9 Å². The zero-order valence-corrected chi connectivity index (χ0v) is 15.0. The number of amides is 1. The Labute approximate surface area is 161 Å². The van der Waals surface area contributed by atoms with E-state index in [1.54, 1.807) is 0 Å². The van der Waals surface area contributed by atoms with Crippen molar-refractivity contribution in [3.8, 4) is 5.75 Å². The molecule has 1 N–H and O–H groups in total. The second kappa shape index (κ2) is 8.43. The monoisotopic (exact) mass is 412 g/mol. The van der Waals surface area contributed by atoms with E-state index < -0.39 is 27.1 Å². The molecule has 2 aromatic rings. The lowest BCUT2D eigenvalue weighted by Gasteiger charge is -2.07. The number of hydrogen-bond acceptors (Lipinski definition) is 7. The van der Waals surface area contributed by atoms with E-state index >= 15 is 0 Å². The van der Waals surface area contributed by atoms with Crippen LogP contribution in [0.2, 0.25) is 10.0 Å². The van der Waals surface area contributed by atoms with Gasteiger partial charge >= 0.3 is 0 Å². The number of nitro benzene ring substituents is 2. The number of rotatable bonds is 6. The average Bonchev–Trinajstić information content (AvgIpc) is 2.60. The second-order valence-electron chi connectivity index (χ2n) is 4.96. The summed E-state index contributed by atoms with van der Waals surface area (Å²) in [4.78, 5) is 32.2. The minimum absolute atomic E-state index is 0.229. The SMILES string of the molecule is COc1c(Cl)cc(Cl)cc1C=NNC(=O)c1cc([N+](=O)[O-])cc([N+](=O)[O-])c1. The molecule has 2 aromatic carbocycles. The predicted octanol–water partition coefficient (Wildman–Crippen LogP) is 3.58. The van der Waals surface area contributed by atoms with Crippen LogP contribution >= 0.6 is 23.2 Å². The third-order valence-corrected chi connectivity index (χ3v) is 3.70. The molecule has 0 saturated carbocycles. The molecule has 0 saturated heterocycles. The van der Waals surface area contributed by atoms with Crippen molar-refractivity contribution in [2.45, 2.75) is 0 Å². The number of methoxy groups -OCH3 is 1. The standard InChI is InChI=1S/C15H10Cl2N4O6/c1-27-14-9(2-10(16)5-13(14)17)7-18-19-15(22)8-3-11(20(23)24)6-12(4-8)21(25)26/h2-7H,1H3,(H,19,22). The summed E-state index contributed by atoms with van der Waals surface area (Å²) in [6.07, 6.45) is 1.19. The molecule has 0 bridgehead atoms. The molecule has 0 aliphatic rings. The van der Waals surface area contributed by atoms with Gasteiger partial charge < -0.3 is 4.74 Å². The van der Waals surface area contributed by atoms with Crippen LogP contribution in [0.1, 0.15) is 15.9 Å². The summed E-state index contributed by atoms with van der Waals surface area (Å²) in [5.41, 5.74) is 0.982. The highest BCUT2D eigenvalue weighted by Gasteiger charge is 2.19. The van der Waals surface area contributed by atoms with E-state index in [0.717, 1.165) is 18.2 Å². The zero-order valence-electron chi connectivity index (χ0n) is 13.5. The first-order valence-corrected chi connectivity index (χ1v) is 7.79. The molecule has 0 spiro atoms. The average molecular weight is 413 g/mol. The summed E-state index contributed by atoms with van der Waals surface area (Å²) in [7, 11) is 1.38. The largest absolute Gasteiger partial charge is 0.495 e. The lowest BCUT2D eigenvalue weighted by molar-refractivity contribution is -0.394. The molecule has 0 unspecified atom stereocenters. The number of nitrogens with one attached hydrogen (secondary N) is 1. The van der Waals surface area contributed by atoms with Crippen LogP contribution in [-0.2, 0) is 0 Å². The molecule has 1 amide bonds. The number of hydrazone groups is 1. The van der Waals surface area contributed by atoms with Crippen molar-refractivity contribution >= 4 is 46.7 Å². The van der Waals surface area contributed by atoms with Crippen molar-refractivity contribution in [1.29, 1.82) is 0 Å². The van der Waals surface area contributed by atoms with E-state index in [0.29, 0.717) is 10.6 Å². The van der Waals surface area contributed by atoms with Gasteiger partial charge in [0.1, 0.15) is 5.75 Å². The Morgan fingerprint density at radius 3 is 2.22 bits per heavy atom. The first kappa shape index (κ1) is 20.1. The van der Waals surface area contributed by atoms with Gasteiger partial charge in [-0.25, -0.2) is 5.43 Å². The van der Waals surface area contributed by atoms with Crippen molar-refractivity contribution in [3.05, 3.63) is 71.7 Å². The van der Waals surface area contributed by atoms with Crippen molar-refractivity contribution < 1.29 is 19.4 Å². The summed E-state index contributed by atoms with van der Waals surface area (Å²) in [6.45, 7) is 0. The van der Waals surface area contributed by atoms with E-state index in [-0.39, 0.29) is 16.3 Å². The molecule has 0 aromatic heterocycles. The van der Waals surface area contributed by atoms with Crippen LogP contribution in [-0.4, -0.2) is 29.1 Å². The minimum atomic E-state index is -0.884. The van der Waals surface area contributed by atoms with E-state index in [1.807, 2.05) is 0 Å². The minimum Gasteiger partial charge on any atom is -0.495 e. The van der Waals surface area contributed by atoms with Gasteiger partial charge in [0.05, 0.1) is 39.8 Å². The van der Waals surface area contributed by atoms with Crippen LogP contribution in [0.3, 0.4) is 0 Å². The lowest BCUT2D eigenvalue weighted by Crippen LogP contribution is -2.18. The third kappa shape index (κ3) is 4.90. The van der Waals surface area contributed by atoms with Gasteiger partial charge in [-0.05, 0) is 12.1 Å². The number of ether oxygens (including phenoxy) is 1. The molecule has 27 heavy (non-hydrogen) atoms. The first-order chi connectivity index (χ1) is 12.7. The fraction of sp³-hybridized carbons (Fsp3) is 0.0667. The summed E-state index contributed by atoms with van der Waals surface area (Å²) < 4.78 is 5.11. The Morgan fingerprint density at radius 1 is 1.11 bits per heavy atom. The maximum Gasteiger partial charge on any atom is 0.277 e. The molecule has 0 aliphatic heterocycles. The number of carbonyl (C=O) groups is 1. The number of nitrogens with zero attached hydrogens (tertiary/aromatic N) is 3. The first-order valence-electron chi connectivity index (χ1n) is 7.03. The molecule has 0 fully saturated rings. The van der Waals surface area contributed by atoms with Crippen LogP contribution in [0, 0.1) is 20.2 Å². The Balaban J connectivity index is 2.27. The van der Waals surface area contributed by atoms with Gasteiger partial charge in [-0.2, -0.15) is 5.10 Å². The molecule has 0 heterocycles. The Bertz CT molecular complexity index is 931. The number of nitro groups is 2. The van der Waals surface area contributed by atoms with Crippen molar-refractivity contribution in [2.75, 3.05) is 7.11 Å². The van der Waals surface area contributed by atoms with Crippen LogP contribution in [0.25, 0.3) is 0 Å². The van der Waals surface area contributed by atoms with Crippen molar-refractivity contribution in [1.82, 2.24) is 5.43 Å². The highest BCUT2D eigenvalue weighted by molar-refractivity contribution is 6.36. The number of hydrogen-bond donors (Lipinski definition) is 1. The van der Waals surface area contributed by atoms with Crippen LogP contribution < -0.4 is 10.2 Å². The summed E-state index contributed by atoms with van der Waals surface area (Å²) in [5, 5.41) is 26.0. The van der Waals surface area contributed by atoms with E-state index in [9.17, 15) is 25.0 Å². The summed E-state index contributed by atoms with van der Waals surface area (Å²) in [6, 6.07) is 5.49. The molecular weight excluding hydrogens is 403 g/mol. The maximum atomic E-state index is 12.1. The fourth-order valence-corrected chi connectivity index (χ4v) is 2.64. The zero-order chi connectivity index (χ0) is 20.1. The van der Waals surface area contributed by atoms with Crippen molar-refractivity contribution in [3.63, 3.8) is 0 Å². The summed E-state index contributed by atoms with van der Waals surface area (Å²) in [5.74, 6) is -0.616. The normalized spacial score (nSPS) is 10.6. The summed E-state index contributed by atoms with van der Waals surface area (Å²) >= 11 is 11.9. The van der Waals surface area contributed by atoms with Gasteiger partial charge in [-0.3, -0.25) is 25.0 Å². The quantitative estimate of drug-likeness (QED) is 0.437. The highest BCUT2D eigenvalue weighted by Crippen LogP contribution is 2.31.